The fraction of sp³-hybridized carbons (Fsp3) is 0.300. The molecule has 13 heavy (non-hydrogen) atoms. The smallest absolute Gasteiger partial charge is 0.248 e. The molecule has 0 aliphatic heterocycles. The number of nitrogens with two attached hydrogens (primary N) is 1. The molecule has 3 nitrogen and oxygen atoms in total. The molecule has 0 bridgehead atoms. The van der Waals surface area contributed by atoms with E-state index in [4.69, 9.17) is 10.5 Å². The normalized spacial score (nSPS) is 9.92. The van der Waals surface area contributed by atoms with Crippen LogP contribution in [0.2, 0.25) is 0 Å². The minimum atomic E-state index is -0.390. The summed E-state index contributed by atoms with van der Waals surface area (Å²) < 4.78 is 4.93. The summed E-state index contributed by atoms with van der Waals surface area (Å²) >= 11 is 0. The summed E-state index contributed by atoms with van der Waals surface area (Å²) in [4.78, 5) is 10.8. The molecule has 1 rings (SSSR count). The van der Waals surface area contributed by atoms with Gasteiger partial charge in [0, 0.05) is 12.7 Å². The molecule has 0 unspecified atom stereocenters. The van der Waals surface area contributed by atoms with Crippen molar-refractivity contribution in [2.24, 2.45) is 5.73 Å². The highest BCUT2D eigenvalue weighted by Gasteiger charge is 2.00. The summed E-state index contributed by atoms with van der Waals surface area (Å²) in [5.41, 5.74) is 6.76. The summed E-state index contributed by atoms with van der Waals surface area (Å²) in [6.07, 6.45) is 0.803. The van der Waals surface area contributed by atoms with E-state index in [1.54, 1.807) is 19.2 Å². The fourth-order valence-electron chi connectivity index (χ4n) is 1.10. The van der Waals surface area contributed by atoms with Crippen molar-refractivity contribution in [2.75, 3.05) is 13.7 Å². The molecule has 0 aliphatic rings. The van der Waals surface area contributed by atoms with Gasteiger partial charge in [-0.25, -0.2) is 0 Å². The topological polar surface area (TPSA) is 52.3 Å². The van der Waals surface area contributed by atoms with Crippen LogP contribution in [0.25, 0.3) is 0 Å². The van der Waals surface area contributed by atoms with E-state index in [9.17, 15) is 4.79 Å². The zero-order valence-corrected chi connectivity index (χ0v) is 7.62. The molecular formula is C10H13NO2. The average molecular weight is 179 g/mol. The molecule has 0 saturated heterocycles. The Labute approximate surface area is 77.5 Å². The van der Waals surface area contributed by atoms with E-state index >= 15 is 0 Å². The van der Waals surface area contributed by atoms with Crippen LogP contribution in [-0.2, 0) is 11.2 Å². The lowest BCUT2D eigenvalue weighted by Crippen LogP contribution is -2.11. The number of amides is 1. The number of carbonyl (C=O) groups is 1. The number of carbonyl (C=O) groups excluding carboxylic acids is 1. The molecule has 0 atom stereocenters. The molecule has 2 N–H and O–H groups in total. The lowest BCUT2D eigenvalue weighted by atomic mass is 10.1. The Bertz CT molecular complexity index is 297. The Morgan fingerprint density at radius 1 is 1.54 bits per heavy atom. The molecule has 0 spiro atoms. The second-order valence-corrected chi connectivity index (χ2v) is 2.81. The van der Waals surface area contributed by atoms with Crippen LogP contribution in [0.3, 0.4) is 0 Å². The van der Waals surface area contributed by atoms with Gasteiger partial charge in [-0.05, 0) is 24.1 Å². The van der Waals surface area contributed by atoms with Gasteiger partial charge in [0.1, 0.15) is 0 Å². The quantitative estimate of drug-likeness (QED) is 0.748. The van der Waals surface area contributed by atoms with Crippen LogP contribution in [0.5, 0.6) is 0 Å². The summed E-state index contributed by atoms with van der Waals surface area (Å²) in [5.74, 6) is -0.390. The van der Waals surface area contributed by atoms with Crippen molar-refractivity contribution >= 4 is 5.91 Å². The highest BCUT2D eigenvalue weighted by molar-refractivity contribution is 5.92. The third kappa shape index (κ3) is 2.87. The summed E-state index contributed by atoms with van der Waals surface area (Å²) in [6, 6.07) is 7.27. The van der Waals surface area contributed by atoms with E-state index < -0.39 is 0 Å². The van der Waals surface area contributed by atoms with Crippen LogP contribution in [0.4, 0.5) is 0 Å². The molecule has 0 heterocycles. The summed E-state index contributed by atoms with van der Waals surface area (Å²) in [7, 11) is 1.65. The van der Waals surface area contributed by atoms with Crippen molar-refractivity contribution in [3.63, 3.8) is 0 Å². The van der Waals surface area contributed by atoms with Crippen LogP contribution >= 0.6 is 0 Å². The van der Waals surface area contributed by atoms with Gasteiger partial charge < -0.3 is 10.5 Å². The second kappa shape index (κ2) is 4.62. The van der Waals surface area contributed by atoms with Gasteiger partial charge in [0.15, 0.2) is 0 Å². The van der Waals surface area contributed by atoms with Gasteiger partial charge >= 0.3 is 0 Å². The van der Waals surface area contributed by atoms with Crippen LogP contribution in [0.1, 0.15) is 15.9 Å². The van der Waals surface area contributed by atoms with Gasteiger partial charge in [0.05, 0.1) is 6.61 Å². The maximum atomic E-state index is 10.8. The first kappa shape index (κ1) is 9.74. The molecule has 1 aromatic rings. The van der Waals surface area contributed by atoms with Crippen LogP contribution in [-0.4, -0.2) is 19.6 Å². The summed E-state index contributed by atoms with van der Waals surface area (Å²) in [6.45, 7) is 0.655. The van der Waals surface area contributed by atoms with Crippen molar-refractivity contribution in [1.82, 2.24) is 0 Å². The third-order valence-corrected chi connectivity index (χ3v) is 1.81. The molecule has 1 aromatic carbocycles. The molecule has 0 saturated carbocycles. The Balaban J connectivity index is 2.73. The highest BCUT2D eigenvalue weighted by atomic mass is 16.5. The number of ether oxygens (including phenoxy) is 1. The lowest BCUT2D eigenvalue weighted by molar-refractivity contribution is 0.1000. The van der Waals surface area contributed by atoms with Gasteiger partial charge in [-0.2, -0.15) is 0 Å². The molecule has 0 aromatic heterocycles. The maximum absolute atomic E-state index is 10.8. The van der Waals surface area contributed by atoms with E-state index in [0.717, 1.165) is 12.0 Å². The van der Waals surface area contributed by atoms with Gasteiger partial charge in [-0.1, -0.05) is 12.1 Å². The molecule has 0 fully saturated rings. The number of hydrogen-bond donors (Lipinski definition) is 1. The molecule has 0 aliphatic carbocycles. The number of rotatable bonds is 4. The first-order valence-electron chi connectivity index (χ1n) is 4.11. The van der Waals surface area contributed by atoms with Gasteiger partial charge in [-0.3, -0.25) is 4.79 Å². The Morgan fingerprint density at radius 3 is 2.92 bits per heavy atom. The zero-order chi connectivity index (χ0) is 9.68. The van der Waals surface area contributed by atoms with E-state index in [0.29, 0.717) is 12.2 Å². The van der Waals surface area contributed by atoms with Crippen molar-refractivity contribution in [3.05, 3.63) is 35.4 Å². The van der Waals surface area contributed by atoms with Crippen LogP contribution in [0, 0.1) is 0 Å². The third-order valence-electron chi connectivity index (χ3n) is 1.81. The Hall–Kier alpha value is -1.35. The first-order chi connectivity index (χ1) is 6.24. The highest BCUT2D eigenvalue weighted by Crippen LogP contribution is 2.05. The Kier molecular flexibility index (Phi) is 3.46. The number of hydrogen-bond acceptors (Lipinski definition) is 2. The first-order valence-corrected chi connectivity index (χ1v) is 4.11. The predicted octanol–water partition coefficient (Wildman–Crippen LogP) is 0.974. The number of methoxy groups -OCH3 is 1. The van der Waals surface area contributed by atoms with Crippen LogP contribution in [0.15, 0.2) is 24.3 Å². The van der Waals surface area contributed by atoms with Gasteiger partial charge in [-0.15, -0.1) is 0 Å². The number of primary amides is 1. The van der Waals surface area contributed by atoms with E-state index in [1.165, 1.54) is 0 Å². The average Bonchev–Trinajstić information content (AvgIpc) is 2.15. The van der Waals surface area contributed by atoms with Crippen molar-refractivity contribution in [3.8, 4) is 0 Å². The summed E-state index contributed by atoms with van der Waals surface area (Å²) in [5, 5.41) is 0. The SMILES string of the molecule is COCCc1cccc(C(N)=O)c1. The van der Waals surface area contributed by atoms with Gasteiger partial charge in [0.2, 0.25) is 5.91 Å². The lowest BCUT2D eigenvalue weighted by Gasteiger charge is -2.01. The van der Waals surface area contributed by atoms with Crippen molar-refractivity contribution in [1.29, 1.82) is 0 Å². The molecule has 3 heteroatoms. The maximum Gasteiger partial charge on any atom is 0.248 e. The standard InChI is InChI=1S/C10H13NO2/c1-13-6-5-8-3-2-4-9(7-8)10(11)12/h2-4,7H,5-6H2,1H3,(H2,11,12). The van der Waals surface area contributed by atoms with Crippen molar-refractivity contribution in [2.45, 2.75) is 6.42 Å². The van der Waals surface area contributed by atoms with Gasteiger partial charge in [0.25, 0.3) is 0 Å². The largest absolute Gasteiger partial charge is 0.384 e. The fourth-order valence-corrected chi connectivity index (χ4v) is 1.10. The van der Waals surface area contributed by atoms with Crippen molar-refractivity contribution < 1.29 is 9.53 Å². The van der Waals surface area contributed by atoms with E-state index in [1.807, 2.05) is 12.1 Å². The predicted molar refractivity (Wildman–Crippen MR) is 50.5 cm³/mol. The second-order valence-electron chi connectivity index (χ2n) is 2.81. The van der Waals surface area contributed by atoms with E-state index in [-0.39, 0.29) is 5.91 Å². The van der Waals surface area contributed by atoms with E-state index in [2.05, 4.69) is 0 Å². The number of benzene rings is 1. The minimum Gasteiger partial charge on any atom is -0.384 e. The zero-order valence-electron chi connectivity index (χ0n) is 7.62. The monoisotopic (exact) mass is 179 g/mol. The molecule has 70 valence electrons. The Morgan fingerprint density at radius 2 is 2.31 bits per heavy atom. The van der Waals surface area contributed by atoms with Crippen LogP contribution < -0.4 is 5.73 Å². The molecule has 1 amide bonds. The minimum absolute atomic E-state index is 0.390. The molecular weight excluding hydrogens is 166 g/mol. The molecule has 0 radical (unpaired) electrons.